The average Bonchev–Trinajstić information content (AvgIpc) is 2.17. The van der Waals surface area contributed by atoms with E-state index < -0.39 is 14.9 Å². The highest BCUT2D eigenvalue weighted by Crippen LogP contribution is 2.39. The van der Waals surface area contributed by atoms with Crippen LogP contribution in [0.1, 0.15) is 40.0 Å². The quantitative estimate of drug-likeness (QED) is 0.767. The molecular formula is C11H20O2S2. The summed E-state index contributed by atoms with van der Waals surface area (Å²) in [6, 6.07) is 0. The van der Waals surface area contributed by atoms with Gasteiger partial charge in [0, 0.05) is 23.0 Å². The third-order valence-electron chi connectivity index (χ3n) is 2.66. The number of hydrogen-bond acceptors (Lipinski definition) is 3. The molecule has 4 heteroatoms. The molecule has 0 aromatic heterocycles. The number of carbonyl (C=O) groups is 1. The fourth-order valence-corrected chi connectivity index (χ4v) is 5.52. The lowest BCUT2D eigenvalue weighted by Gasteiger charge is -2.33. The Kier molecular flexibility index (Phi) is 4.84. The van der Waals surface area contributed by atoms with Crippen molar-refractivity contribution in [1.82, 2.24) is 0 Å². The van der Waals surface area contributed by atoms with Crippen molar-refractivity contribution in [1.29, 1.82) is 0 Å². The summed E-state index contributed by atoms with van der Waals surface area (Å²) in [5.74, 6) is 2.23. The van der Waals surface area contributed by atoms with E-state index in [4.69, 9.17) is 0 Å². The first-order valence-corrected chi connectivity index (χ1v) is 7.89. The number of Topliss-reactive ketones (excluding diaryl/α,β-unsaturated/α-hetero) is 1. The molecule has 2 nitrogen and oxygen atoms in total. The molecule has 0 spiro atoms. The van der Waals surface area contributed by atoms with E-state index in [0.29, 0.717) is 24.5 Å². The van der Waals surface area contributed by atoms with Crippen LogP contribution in [0.25, 0.3) is 0 Å². The van der Waals surface area contributed by atoms with Crippen molar-refractivity contribution < 1.29 is 9.00 Å². The van der Waals surface area contributed by atoms with Crippen LogP contribution in [-0.4, -0.2) is 25.6 Å². The van der Waals surface area contributed by atoms with Gasteiger partial charge in [-0.3, -0.25) is 9.00 Å². The summed E-state index contributed by atoms with van der Waals surface area (Å²) in [6.45, 7) is 6.06. The first-order valence-electron chi connectivity index (χ1n) is 5.58. The molecule has 88 valence electrons. The molecule has 0 N–H and O–H groups in total. The molecule has 1 heterocycles. The molecule has 1 unspecified atom stereocenters. The van der Waals surface area contributed by atoms with Gasteiger partial charge >= 0.3 is 0 Å². The van der Waals surface area contributed by atoms with Gasteiger partial charge in [-0.05, 0) is 24.5 Å². The second kappa shape index (κ2) is 5.48. The smallest absolute Gasteiger partial charge is 0.161 e. The summed E-state index contributed by atoms with van der Waals surface area (Å²) >= 11 is 1.62. The van der Waals surface area contributed by atoms with Crippen LogP contribution in [0.15, 0.2) is 0 Å². The van der Waals surface area contributed by atoms with Gasteiger partial charge in [-0.1, -0.05) is 20.8 Å². The molecule has 0 amide bonds. The second-order valence-electron chi connectivity index (χ2n) is 4.38. The lowest BCUT2D eigenvalue weighted by atomic mass is 10.0. The normalized spacial score (nSPS) is 31.9. The fourth-order valence-electron chi connectivity index (χ4n) is 1.85. The Balaban J connectivity index is 2.82. The zero-order valence-corrected chi connectivity index (χ0v) is 11.4. The number of carbonyl (C=O) groups excluding carboxylic acids is 1. The van der Waals surface area contributed by atoms with Crippen LogP contribution in [0.2, 0.25) is 0 Å². The van der Waals surface area contributed by atoms with Crippen LogP contribution in [0.4, 0.5) is 0 Å². The number of thioether (sulfide) groups is 1. The summed E-state index contributed by atoms with van der Waals surface area (Å²) in [6.07, 6.45) is 2.25. The van der Waals surface area contributed by atoms with Crippen molar-refractivity contribution in [2.75, 3.05) is 11.5 Å². The van der Waals surface area contributed by atoms with Gasteiger partial charge in [0.1, 0.15) is 4.08 Å². The van der Waals surface area contributed by atoms with Crippen molar-refractivity contribution in [3.8, 4) is 0 Å². The topological polar surface area (TPSA) is 34.1 Å². The molecule has 1 saturated heterocycles. The minimum Gasteiger partial charge on any atom is -0.297 e. The SMILES string of the molecule is CC[C@@]1(C(=O)CC(C)C)SCCCS1=O. The van der Waals surface area contributed by atoms with Gasteiger partial charge in [-0.2, -0.15) is 0 Å². The van der Waals surface area contributed by atoms with Crippen molar-refractivity contribution >= 4 is 28.3 Å². The van der Waals surface area contributed by atoms with Crippen LogP contribution in [0.5, 0.6) is 0 Å². The van der Waals surface area contributed by atoms with Gasteiger partial charge in [0.25, 0.3) is 0 Å². The molecule has 2 atom stereocenters. The summed E-state index contributed by atoms with van der Waals surface area (Å²) < 4.78 is 11.5. The van der Waals surface area contributed by atoms with Crippen LogP contribution >= 0.6 is 11.8 Å². The highest BCUT2D eigenvalue weighted by molar-refractivity contribution is 8.14. The predicted octanol–water partition coefficient (Wildman–Crippen LogP) is 2.59. The van der Waals surface area contributed by atoms with E-state index in [9.17, 15) is 9.00 Å². The Labute approximate surface area is 99.0 Å². The molecule has 0 aromatic rings. The molecule has 15 heavy (non-hydrogen) atoms. The van der Waals surface area contributed by atoms with Crippen LogP contribution in [0.3, 0.4) is 0 Å². The Morgan fingerprint density at radius 2 is 2.20 bits per heavy atom. The monoisotopic (exact) mass is 248 g/mol. The third-order valence-corrected chi connectivity index (χ3v) is 6.96. The maximum atomic E-state index is 12.2. The van der Waals surface area contributed by atoms with Crippen LogP contribution < -0.4 is 0 Å². The fraction of sp³-hybridized carbons (Fsp3) is 0.909. The Bertz CT molecular complexity index is 263. The molecule has 0 radical (unpaired) electrons. The maximum absolute atomic E-state index is 12.2. The number of rotatable bonds is 4. The number of hydrogen-bond donors (Lipinski definition) is 0. The van der Waals surface area contributed by atoms with Crippen LogP contribution in [0, 0.1) is 5.92 Å². The van der Waals surface area contributed by atoms with Crippen molar-refractivity contribution in [2.45, 2.75) is 44.1 Å². The van der Waals surface area contributed by atoms with Gasteiger partial charge in [0.15, 0.2) is 5.78 Å². The summed E-state index contributed by atoms with van der Waals surface area (Å²) in [7, 11) is -0.970. The molecule has 1 rings (SSSR count). The van der Waals surface area contributed by atoms with Gasteiger partial charge in [0.05, 0.1) is 0 Å². The minimum atomic E-state index is -0.970. The van der Waals surface area contributed by atoms with E-state index in [2.05, 4.69) is 0 Å². The van der Waals surface area contributed by atoms with E-state index in [1.54, 1.807) is 11.8 Å². The summed E-state index contributed by atoms with van der Waals surface area (Å²) in [5.41, 5.74) is 0. The van der Waals surface area contributed by atoms with E-state index in [1.807, 2.05) is 20.8 Å². The van der Waals surface area contributed by atoms with E-state index in [0.717, 1.165) is 12.2 Å². The molecule has 1 aliphatic rings. The zero-order valence-electron chi connectivity index (χ0n) is 9.75. The first kappa shape index (κ1) is 13.2. The molecule has 1 aliphatic heterocycles. The molecule has 0 aromatic carbocycles. The van der Waals surface area contributed by atoms with E-state index in [1.165, 1.54) is 0 Å². The van der Waals surface area contributed by atoms with Crippen LogP contribution in [-0.2, 0) is 15.6 Å². The molecule has 1 fully saturated rings. The third kappa shape index (κ3) is 2.84. The molecule has 0 bridgehead atoms. The van der Waals surface area contributed by atoms with Gasteiger partial charge in [-0.25, -0.2) is 0 Å². The average molecular weight is 248 g/mol. The molecule has 0 saturated carbocycles. The van der Waals surface area contributed by atoms with Crippen molar-refractivity contribution in [3.05, 3.63) is 0 Å². The molecular weight excluding hydrogens is 228 g/mol. The highest BCUT2D eigenvalue weighted by atomic mass is 32.2. The lowest BCUT2D eigenvalue weighted by Crippen LogP contribution is -2.43. The Morgan fingerprint density at radius 3 is 2.67 bits per heavy atom. The van der Waals surface area contributed by atoms with Crippen molar-refractivity contribution in [3.63, 3.8) is 0 Å². The lowest BCUT2D eigenvalue weighted by molar-refractivity contribution is -0.120. The Hall–Kier alpha value is 0.170. The van der Waals surface area contributed by atoms with Crippen molar-refractivity contribution in [2.24, 2.45) is 5.92 Å². The van der Waals surface area contributed by atoms with E-state index in [-0.39, 0.29) is 5.78 Å². The predicted molar refractivity (Wildman–Crippen MR) is 67.6 cm³/mol. The van der Waals surface area contributed by atoms with Gasteiger partial charge in [-0.15, -0.1) is 11.8 Å². The summed E-state index contributed by atoms with van der Waals surface area (Å²) in [5, 5.41) is 0. The highest BCUT2D eigenvalue weighted by Gasteiger charge is 2.44. The van der Waals surface area contributed by atoms with Gasteiger partial charge in [0.2, 0.25) is 0 Å². The zero-order chi connectivity index (χ0) is 11.5. The second-order valence-corrected chi connectivity index (χ2v) is 7.83. The Morgan fingerprint density at radius 1 is 1.53 bits per heavy atom. The minimum absolute atomic E-state index is 0.197. The standard InChI is InChI=1S/C11H20O2S2/c1-4-11(10(12)8-9(2)3)14-6-5-7-15(11)13/h9H,4-8H2,1-3H3/t11-,15?/m1/s1. The maximum Gasteiger partial charge on any atom is 0.161 e. The molecule has 0 aliphatic carbocycles. The first-order chi connectivity index (χ1) is 7.03. The van der Waals surface area contributed by atoms with Gasteiger partial charge < -0.3 is 0 Å². The summed E-state index contributed by atoms with van der Waals surface area (Å²) in [4.78, 5) is 12.2. The number of ketones is 1. The largest absolute Gasteiger partial charge is 0.297 e. The van der Waals surface area contributed by atoms with E-state index >= 15 is 0 Å².